The van der Waals surface area contributed by atoms with Crippen molar-refractivity contribution in [2.45, 2.75) is 12.5 Å². The van der Waals surface area contributed by atoms with Crippen LogP contribution in [0.4, 0.5) is 11.4 Å². The van der Waals surface area contributed by atoms with Gasteiger partial charge in [0.25, 0.3) is 5.91 Å². The van der Waals surface area contributed by atoms with Crippen molar-refractivity contribution in [1.82, 2.24) is 4.90 Å². The number of anilines is 2. The minimum atomic E-state index is -0.508. The smallest absolute Gasteiger partial charge is 0.265 e. The molecule has 1 saturated heterocycles. The minimum absolute atomic E-state index is 0.140. The third-order valence-corrected chi connectivity index (χ3v) is 5.24. The van der Waals surface area contributed by atoms with E-state index in [0.717, 1.165) is 48.9 Å². The maximum Gasteiger partial charge on any atom is 0.265 e. The molecule has 2 aromatic carbocycles. The maximum atomic E-state index is 12.8. The molecule has 1 unspecified atom stereocenters. The molecule has 0 bridgehead atoms. The Bertz CT molecular complexity index is 793. The van der Waals surface area contributed by atoms with Crippen LogP contribution in [0.5, 0.6) is 5.75 Å². The molecule has 136 valence electrons. The molecule has 0 radical (unpaired) electrons. The number of piperazine rings is 1. The molecule has 26 heavy (non-hydrogen) atoms. The molecule has 1 atom stereocenters. The van der Waals surface area contributed by atoms with Crippen LogP contribution in [0.3, 0.4) is 0 Å². The first-order chi connectivity index (χ1) is 12.6. The highest BCUT2D eigenvalue weighted by Crippen LogP contribution is 2.32. The van der Waals surface area contributed by atoms with Crippen molar-refractivity contribution >= 4 is 28.9 Å². The molecule has 0 aromatic heterocycles. The summed E-state index contributed by atoms with van der Waals surface area (Å²) in [6.45, 7) is 3.84. The lowest BCUT2D eigenvalue weighted by molar-refractivity contribution is -0.122. The van der Waals surface area contributed by atoms with Crippen LogP contribution in [0.2, 0.25) is 5.02 Å². The van der Waals surface area contributed by atoms with Gasteiger partial charge in [0.15, 0.2) is 6.10 Å². The lowest BCUT2D eigenvalue weighted by Crippen LogP contribution is -2.45. The number of para-hydroxylation sites is 1. The van der Waals surface area contributed by atoms with Gasteiger partial charge in [0.05, 0.1) is 11.4 Å². The Hall–Kier alpha value is -2.24. The van der Waals surface area contributed by atoms with Crippen LogP contribution < -0.4 is 15.0 Å². The van der Waals surface area contributed by atoms with Gasteiger partial charge in [0.1, 0.15) is 5.75 Å². The normalized spacial score (nSPS) is 19.8. The maximum absolute atomic E-state index is 12.8. The molecule has 2 aliphatic rings. The number of amides is 1. The summed E-state index contributed by atoms with van der Waals surface area (Å²) in [4.78, 5) is 17.4. The van der Waals surface area contributed by atoms with Crippen LogP contribution in [-0.4, -0.2) is 50.1 Å². The highest BCUT2D eigenvalue weighted by molar-refractivity contribution is 6.31. The van der Waals surface area contributed by atoms with Crippen LogP contribution in [0.1, 0.15) is 5.56 Å². The van der Waals surface area contributed by atoms with Gasteiger partial charge in [-0.15, -0.1) is 0 Å². The summed E-state index contributed by atoms with van der Waals surface area (Å²) in [6.07, 6.45) is 0.0820. The Balaban J connectivity index is 1.51. The zero-order valence-electron chi connectivity index (χ0n) is 14.7. The number of carbonyl (C=O) groups excluding carboxylic acids is 1. The molecular formula is C20H22ClN3O2. The summed E-state index contributed by atoms with van der Waals surface area (Å²) in [5, 5.41) is 3.64. The standard InChI is InChI=1S/C20H22ClN3O2/c1-23-8-10-24(11-9-23)17-7-6-15(21)13-16(17)22-20(25)19-12-14-4-2-3-5-18(14)26-19/h2-7,13,19H,8-12H2,1H3,(H,22,25). The molecule has 4 rings (SSSR count). The Morgan fingerprint density at radius 1 is 1.15 bits per heavy atom. The molecular weight excluding hydrogens is 350 g/mol. The highest BCUT2D eigenvalue weighted by atomic mass is 35.5. The molecule has 2 aliphatic heterocycles. The van der Waals surface area contributed by atoms with E-state index in [1.54, 1.807) is 0 Å². The van der Waals surface area contributed by atoms with E-state index in [9.17, 15) is 4.79 Å². The minimum Gasteiger partial charge on any atom is -0.480 e. The van der Waals surface area contributed by atoms with Gasteiger partial charge in [0.2, 0.25) is 0 Å². The summed E-state index contributed by atoms with van der Waals surface area (Å²) in [5.41, 5.74) is 2.82. The second-order valence-electron chi connectivity index (χ2n) is 6.86. The molecule has 6 heteroatoms. The third kappa shape index (κ3) is 3.50. The predicted octanol–water partition coefficient (Wildman–Crippen LogP) is 3.03. The van der Waals surface area contributed by atoms with E-state index in [1.807, 2.05) is 42.5 Å². The summed E-state index contributed by atoms with van der Waals surface area (Å²) in [7, 11) is 2.12. The molecule has 2 heterocycles. The second-order valence-corrected chi connectivity index (χ2v) is 7.30. The summed E-state index contributed by atoms with van der Waals surface area (Å²) < 4.78 is 5.81. The Morgan fingerprint density at radius 2 is 1.92 bits per heavy atom. The number of rotatable bonds is 3. The first kappa shape index (κ1) is 17.2. The number of hydrogen-bond donors (Lipinski definition) is 1. The molecule has 1 amide bonds. The quantitative estimate of drug-likeness (QED) is 0.900. The molecule has 0 aliphatic carbocycles. The van der Waals surface area contributed by atoms with Crippen LogP contribution in [0.25, 0.3) is 0 Å². The average molecular weight is 372 g/mol. The Kier molecular flexibility index (Phi) is 4.74. The second kappa shape index (κ2) is 7.17. The fourth-order valence-corrected chi connectivity index (χ4v) is 3.65. The van der Waals surface area contributed by atoms with Crippen LogP contribution in [0, 0.1) is 0 Å². The van der Waals surface area contributed by atoms with Crippen LogP contribution in [0.15, 0.2) is 42.5 Å². The number of nitrogens with zero attached hydrogens (tertiary/aromatic N) is 2. The van der Waals surface area contributed by atoms with Crippen molar-refractivity contribution in [3.63, 3.8) is 0 Å². The number of carbonyl (C=O) groups is 1. The molecule has 1 N–H and O–H groups in total. The lowest BCUT2D eigenvalue weighted by Gasteiger charge is -2.35. The Labute approximate surface area is 158 Å². The number of fused-ring (bicyclic) bond motifs is 1. The van der Waals surface area contributed by atoms with Crippen molar-refractivity contribution in [2.75, 3.05) is 43.4 Å². The fourth-order valence-electron chi connectivity index (χ4n) is 3.47. The summed E-state index contributed by atoms with van der Waals surface area (Å²) in [5.74, 6) is 0.650. The largest absolute Gasteiger partial charge is 0.480 e. The van der Waals surface area contributed by atoms with Gasteiger partial charge in [-0.3, -0.25) is 4.79 Å². The van der Waals surface area contributed by atoms with E-state index in [0.29, 0.717) is 11.4 Å². The lowest BCUT2D eigenvalue weighted by atomic mass is 10.1. The van der Waals surface area contributed by atoms with Gasteiger partial charge in [-0.2, -0.15) is 0 Å². The number of nitrogens with one attached hydrogen (secondary N) is 1. The number of hydrogen-bond acceptors (Lipinski definition) is 4. The molecule has 1 fully saturated rings. The Morgan fingerprint density at radius 3 is 2.69 bits per heavy atom. The van der Waals surface area contributed by atoms with Gasteiger partial charge in [-0.25, -0.2) is 0 Å². The summed E-state index contributed by atoms with van der Waals surface area (Å²) in [6, 6.07) is 13.4. The summed E-state index contributed by atoms with van der Waals surface area (Å²) >= 11 is 6.19. The number of halogens is 1. The van der Waals surface area contributed by atoms with Gasteiger partial charge < -0.3 is 19.9 Å². The van der Waals surface area contributed by atoms with E-state index < -0.39 is 6.10 Å². The molecule has 2 aromatic rings. The van der Waals surface area contributed by atoms with Gasteiger partial charge in [0, 0.05) is 37.6 Å². The van der Waals surface area contributed by atoms with Gasteiger partial charge >= 0.3 is 0 Å². The molecule has 0 spiro atoms. The first-order valence-corrected chi connectivity index (χ1v) is 9.26. The fraction of sp³-hybridized carbons (Fsp3) is 0.350. The topological polar surface area (TPSA) is 44.8 Å². The van der Waals surface area contributed by atoms with E-state index in [4.69, 9.17) is 16.3 Å². The van der Waals surface area contributed by atoms with Crippen LogP contribution in [-0.2, 0) is 11.2 Å². The van der Waals surface area contributed by atoms with E-state index >= 15 is 0 Å². The van der Waals surface area contributed by atoms with Crippen molar-refractivity contribution in [3.05, 3.63) is 53.1 Å². The number of benzene rings is 2. The highest BCUT2D eigenvalue weighted by Gasteiger charge is 2.29. The zero-order chi connectivity index (χ0) is 18.1. The number of ether oxygens (including phenoxy) is 1. The van der Waals surface area contributed by atoms with Crippen molar-refractivity contribution in [1.29, 1.82) is 0 Å². The van der Waals surface area contributed by atoms with Crippen molar-refractivity contribution < 1.29 is 9.53 Å². The average Bonchev–Trinajstić information content (AvgIpc) is 3.07. The molecule has 0 saturated carbocycles. The van der Waals surface area contributed by atoms with E-state index in [2.05, 4.69) is 22.2 Å². The first-order valence-electron chi connectivity index (χ1n) is 8.88. The monoisotopic (exact) mass is 371 g/mol. The van der Waals surface area contributed by atoms with Gasteiger partial charge in [-0.05, 0) is 36.9 Å². The van der Waals surface area contributed by atoms with E-state index in [-0.39, 0.29) is 5.91 Å². The SMILES string of the molecule is CN1CCN(c2ccc(Cl)cc2NC(=O)C2Cc3ccccc3O2)CC1. The number of likely N-dealkylation sites (N-methyl/N-ethyl adjacent to an activating group) is 1. The zero-order valence-corrected chi connectivity index (χ0v) is 15.5. The van der Waals surface area contributed by atoms with Crippen molar-refractivity contribution in [2.24, 2.45) is 0 Å². The van der Waals surface area contributed by atoms with Crippen LogP contribution >= 0.6 is 11.6 Å². The predicted molar refractivity (Wildman–Crippen MR) is 104 cm³/mol. The van der Waals surface area contributed by atoms with Crippen molar-refractivity contribution in [3.8, 4) is 5.75 Å². The van der Waals surface area contributed by atoms with Gasteiger partial charge in [-0.1, -0.05) is 29.8 Å². The molecule has 5 nitrogen and oxygen atoms in total. The third-order valence-electron chi connectivity index (χ3n) is 5.00. The van der Waals surface area contributed by atoms with E-state index in [1.165, 1.54) is 0 Å².